The van der Waals surface area contributed by atoms with E-state index < -0.39 is 0 Å². The fourth-order valence-corrected chi connectivity index (χ4v) is 2.82. The summed E-state index contributed by atoms with van der Waals surface area (Å²) in [5, 5.41) is 6.51. The summed E-state index contributed by atoms with van der Waals surface area (Å²) in [6, 6.07) is 1.14. The zero-order valence-electron chi connectivity index (χ0n) is 12.5. The molecule has 0 aromatic rings. The Labute approximate surface area is 117 Å². The number of carbonyl (C=O) groups excluding carboxylic acids is 1. The highest BCUT2D eigenvalue weighted by Gasteiger charge is 2.25. The molecule has 0 bridgehead atoms. The normalized spacial score (nSPS) is 22.5. The van der Waals surface area contributed by atoms with Gasteiger partial charge in [0.05, 0.1) is 6.04 Å². The van der Waals surface area contributed by atoms with Gasteiger partial charge in [-0.15, -0.1) is 0 Å². The Morgan fingerprint density at radius 2 is 1.89 bits per heavy atom. The molecule has 0 radical (unpaired) electrons. The highest BCUT2D eigenvalue weighted by Crippen LogP contribution is 2.24. The largest absolute Gasteiger partial charge is 0.352 e. The van der Waals surface area contributed by atoms with Gasteiger partial charge in [-0.25, -0.2) is 0 Å². The lowest BCUT2D eigenvalue weighted by Crippen LogP contribution is -2.48. The number of carbonyl (C=O) groups is 1. The summed E-state index contributed by atoms with van der Waals surface area (Å²) in [4.78, 5) is 14.4. The number of nitrogens with one attached hydrogen (secondary N) is 2. The van der Waals surface area contributed by atoms with Crippen molar-refractivity contribution in [2.24, 2.45) is 0 Å². The van der Waals surface area contributed by atoms with Crippen LogP contribution in [0.2, 0.25) is 0 Å². The average Bonchev–Trinajstić information content (AvgIpc) is 3.24. The van der Waals surface area contributed by atoms with Gasteiger partial charge in [0.25, 0.3) is 0 Å². The van der Waals surface area contributed by atoms with Crippen molar-refractivity contribution in [3.8, 4) is 0 Å². The first-order chi connectivity index (χ1) is 9.16. The number of hydrogen-bond donors (Lipinski definition) is 2. The first kappa shape index (κ1) is 14.8. The number of amides is 1. The zero-order chi connectivity index (χ0) is 13.7. The summed E-state index contributed by atoms with van der Waals surface area (Å²) >= 11 is 0. The Morgan fingerprint density at radius 1 is 1.21 bits per heavy atom. The topological polar surface area (TPSA) is 44.4 Å². The van der Waals surface area contributed by atoms with Crippen LogP contribution in [0.4, 0.5) is 0 Å². The molecular weight excluding hydrogens is 238 g/mol. The van der Waals surface area contributed by atoms with E-state index in [0.717, 1.165) is 32.0 Å². The van der Waals surface area contributed by atoms with Gasteiger partial charge < -0.3 is 15.5 Å². The van der Waals surface area contributed by atoms with Crippen molar-refractivity contribution < 1.29 is 4.79 Å². The van der Waals surface area contributed by atoms with Crippen LogP contribution >= 0.6 is 0 Å². The fourth-order valence-electron chi connectivity index (χ4n) is 2.82. The molecule has 0 saturated heterocycles. The Morgan fingerprint density at radius 3 is 2.53 bits per heavy atom. The van der Waals surface area contributed by atoms with Gasteiger partial charge in [0.15, 0.2) is 0 Å². The van der Waals surface area contributed by atoms with Crippen molar-refractivity contribution >= 4 is 5.91 Å². The maximum atomic E-state index is 12.0. The number of likely N-dealkylation sites (N-methyl/N-ethyl adjacent to an activating group) is 1. The highest BCUT2D eigenvalue weighted by atomic mass is 16.2. The molecule has 19 heavy (non-hydrogen) atoms. The van der Waals surface area contributed by atoms with Crippen LogP contribution in [0.25, 0.3) is 0 Å². The van der Waals surface area contributed by atoms with Crippen molar-refractivity contribution in [1.82, 2.24) is 15.5 Å². The van der Waals surface area contributed by atoms with Gasteiger partial charge in [-0.1, -0.05) is 19.3 Å². The van der Waals surface area contributed by atoms with Crippen LogP contribution in [0.15, 0.2) is 0 Å². The molecule has 2 N–H and O–H groups in total. The van der Waals surface area contributed by atoms with Crippen LogP contribution in [-0.4, -0.2) is 49.1 Å². The first-order valence-electron chi connectivity index (χ1n) is 7.91. The number of nitrogens with zero attached hydrogens (tertiary/aromatic N) is 1. The molecule has 0 aliphatic heterocycles. The molecule has 1 unspecified atom stereocenters. The van der Waals surface area contributed by atoms with Crippen LogP contribution in [0.3, 0.4) is 0 Å². The molecule has 2 saturated carbocycles. The maximum Gasteiger partial charge on any atom is 0.237 e. The maximum absolute atomic E-state index is 12.0. The van der Waals surface area contributed by atoms with Crippen LogP contribution in [-0.2, 0) is 4.79 Å². The molecule has 0 heterocycles. The first-order valence-corrected chi connectivity index (χ1v) is 7.91. The Bertz CT molecular complexity index is 285. The molecule has 2 aliphatic rings. The molecule has 0 spiro atoms. The van der Waals surface area contributed by atoms with Gasteiger partial charge in [-0.3, -0.25) is 4.79 Å². The van der Waals surface area contributed by atoms with Crippen molar-refractivity contribution in [2.75, 3.05) is 20.1 Å². The molecule has 0 aromatic heterocycles. The summed E-state index contributed by atoms with van der Waals surface area (Å²) < 4.78 is 0. The molecule has 1 atom stereocenters. The third kappa shape index (κ3) is 5.11. The quantitative estimate of drug-likeness (QED) is 0.735. The predicted octanol–water partition coefficient (Wildman–Crippen LogP) is 1.51. The second-order valence-electron chi connectivity index (χ2n) is 6.23. The van der Waals surface area contributed by atoms with E-state index in [1.54, 1.807) is 0 Å². The van der Waals surface area contributed by atoms with E-state index >= 15 is 0 Å². The SMILES string of the molecule is CC(NCCN(C)C1CC1)C(=O)NC1CCCCC1. The van der Waals surface area contributed by atoms with Crippen LogP contribution < -0.4 is 10.6 Å². The van der Waals surface area contributed by atoms with Gasteiger partial charge in [0, 0.05) is 25.2 Å². The fraction of sp³-hybridized carbons (Fsp3) is 0.933. The van der Waals surface area contributed by atoms with Gasteiger partial charge in [-0.2, -0.15) is 0 Å². The molecule has 2 aliphatic carbocycles. The average molecular weight is 267 g/mol. The molecule has 2 rings (SSSR count). The van der Waals surface area contributed by atoms with Crippen molar-refractivity contribution in [2.45, 2.75) is 70.0 Å². The summed E-state index contributed by atoms with van der Waals surface area (Å²) in [6.07, 6.45) is 8.85. The van der Waals surface area contributed by atoms with E-state index in [1.807, 2.05) is 6.92 Å². The third-order valence-corrected chi connectivity index (χ3v) is 4.43. The minimum Gasteiger partial charge on any atom is -0.352 e. The van der Waals surface area contributed by atoms with E-state index in [2.05, 4.69) is 22.6 Å². The molecule has 4 nitrogen and oxygen atoms in total. The van der Waals surface area contributed by atoms with Crippen molar-refractivity contribution in [3.63, 3.8) is 0 Å². The Kier molecular flexibility index (Phi) is 5.64. The lowest BCUT2D eigenvalue weighted by atomic mass is 9.95. The summed E-state index contributed by atoms with van der Waals surface area (Å²) in [5.41, 5.74) is 0. The lowest BCUT2D eigenvalue weighted by molar-refractivity contribution is -0.123. The standard InChI is InChI=1S/C15H29N3O/c1-12(16-10-11-18(2)14-8-9-14)15(19)17-13-6-4-3-5-7-13/h12-14,16H,3-11H2,1-2H3,(H,17,19). The smallest absolute Gasteiger partial charge is 0.237 e. The minimum atomic E-state index is -0.0745. The van der Waals surface area contributed by atoms with E-state index in [0.29, 0.717) is 6.04 Å². The molecule has 0 aromatic carbocycles. The third-order valence-electron chi connectivity index (χ3n) is 4.43. The minimum absolute atomic E-state index is 0.0745. The number of rotatable bonds is 7. The van der Waals surface area contributed by atoms with Gasteiger partial charge in [-0.05, 0) is 39.7 Å². The summed E-state index contributed by atoms with van der Waals surface area (Å²) in [6.45, 7) is 3.90. The highest BCUT2D eigenvalue weighted by molar-refractivity contribution is 5.81. The van der Waals surface area contributed by atoms with Crippen LogP contribution in [0.5, 0.6) is 0 Å². The predicted molar refractivity (Wildman–Crippen MR) is 78.1 cm³/mol. The number of hydrogen-bond acceptors (Lipinski definition) is 3. The van der Waals surface area contributed by atoms with E-state index in [1.165, 1.54) is 32.1 Å². The molecule has 4 heteroatoms. The van der Waals surface area contributed by atoms with Crippen LogP contribution in [0.1, 0.15) is 51.9 Å². The van der Waals surface area contributed by atoms with Gasteiger partial charge in [0.2, 0.25) is 5.91 Å². The molecule has 1 amide bonds. The van der Waals surface area contributed by atoms with Crippen molar-refractivity contribution in [3.05, 3.63) is 0 Å². The molecular formula is C15H29N3O. The van der Waals surface area contributed by atoms with E-state index in [9.17, 15) is 4.79 Å². The molecule has 2 fully saturated rings. The van der Waals surface area contributed by atoms with Gasteiger partial charge >= 0.3 is 0 Å². The second kappa shape index (κ2) is 7.25. The monoisotopic (exact) mass is 267 g/mol. The Hall–Kier alpha value is -0.610. The summed E-state index contributed by atoms with van der Waals surface area (Å²) in [7, 11) is 2.17. The zero-order valence-corrected chi connectivity index (χ0v) is 12.5. The summed E-state index contributed by atoms with van der Waals surface area (Å²) in [5.74, 6) is 0.168. The van der Waals surface area contributed by atoms with Crippen LogP contribution in [0, 0.1) is 0 Å². The Balaban J connectivity index is 1.58. The lowest BCUT2D eigenvalue weighted by Gasteiger charge is -2.25. The van der Waals surface area contributed by atoms with Gasteiger partial charge in [0.1, 0.15) is 0 Å². The van der Waals surface area contributed by atoms with Crippen molar-refractivity contribution in [1.29, 1.82) is 0 Å². The van der Waals surface area contributed by atoms with E-state index in [4.69, 9.17) is 0 Å². The second-order valence-corrected chi connectivity index (χ2v) is 6.23. The molecule has 110 valence electrons. The van der Waals surface area contributed by atoms with E-state index in [-0.39, 0.29) is 11.9 Å².